The number of nitriles is 1. The summed E-state index contributed by atoms with van der Waals surface area (Å²) in [7, 11) is 1.64. The van der Waals surface area contributed by atoms with E-state index < -0.39 is 0 Å². The average molecular weight is 172 g/mol. The third-order valence-electron chi connectivity index (χ3n) is 1.32. The summed E-state index contributed by atoms with van der Waals surface area (Å²) in [6.45, 7) is 4.37. The van der Waals surface area contributed by atoms with E-state index in [4.69, 9.17) is 14.7 Å². The summed E-state index contributed by atoms with van der Waals surface area (Å²) in [5.74, 6) is 0. The highest BCUT2D eigenvalue weighted by Crippen LogP contribution is 1.78. The first kappa shape index (κ1) is 11.4. The summed E-state index contributed by atoms with van der Waals surface area (Å²) < 4.78 is 9.96. The molecule has 1 atom stereocenters. The Bertz CT molecular complexity index is 134. The molecule has 0 spiro atoms. The number of methoxy groups -OCH3 is 1. The average Bonchev–Trinajstić information content (AvgIpc) is 2.10. The first-order chi connectivity index (χ1) is 5.81. The molecule has 0 aromatic carbocycles. The molecule has 12 heavy (non-hydrogen) atoms. The number of rotatable bonds is 7. The van der Waals surface area contributed by atoms with Gasteiger partial charge in [-0.25, -0.2) is 0 Å². The van der Waals surface area contributed by atoms with Gasteiger partial charge in [-0.2, -0.15) is 5.26 Å². The summed E-state index contributed by atoms with van der Waals surface area (Å²) >= 11 is 0. The highest BCUT2D eigenvalue weighted by atomic mass is 16.5. The molecule has 70 valence electrons. The van der Waals surface area contributed by atoms with Crippen molar-refractivity contribution in [3.8, 4) is 6.07 Å². The fourth-order valence-electron chi connectivity index (χ4n) is 0.638. The van der Waals surface area contributed by atoms with Crippen molar-refractivity contribution in [3.63, 3.8) is 0 Å². The molecule has 0 aliphatic heterocycles. The van der Waals surface area contributed by atoms with E-state index in [0.717, 1.165) is 0 Å². The summed E-state index contributed by atoms with van der Waals surface area (Å²) in [5, 5.41) is 11.4. The van der Waals surface area contributed by atoms with Crippen LogP contribution in [0.3, 0.4) is 0 Å². The number of hydrogen-bond acceptors (Lipinski definition) is 4. The van der Waals surface area contributed by atoms with E-state index in [9.17, 15) is 0 Å². The van der Waals surface area contributed by atoms with Gasteiger partial charge in [0.25, 0.3) is 0 Å². The highest BCUT2D eigenvalue weighted by Gasteiger charge is 1.95. The topological polar surface area (TPSA) is 54.3 Å². The van der Waals surface area contributed by atoms with Crippen molar-refractivity contribution in [3.05, 3.63) is 0 Å². The SMILES string of the molecule is COCCOCCNC(C)C#N. The molecule has 0 radical (unpaired) electrons. The molecule has 0 saturated carbocycles. The molecule has 0 bridgehead atoms. The van der Waals surface area contributed by atoms with Crippen LogP contribution in [0.1, 0.15) is 6.92 Å². The molecule has 1 unspecified atom stereocenters. The molecule has 4 heteroatoms. The molecule has 0 fully saturated rings. The van der Waals surface area contributed by atoms with Crippen LogP contribution in [-0.4, -0.2) is 39.5 Å². The summed E-state index contributed by atoms with van der Waals surface area (Å²) in [4.78, 5) is 0. The second-order valence-corrected chi connectivity index (χ2v) is 2.41. The van der Waals surface area contributed by atoms with Gasteiger partial charge in [-0.3, -0.25) is 5.32 Å². The van der Waals surface area contributed by atoms with Crippen LogP contribution in [0.5, 0.6) is 0 Å². The van der Waals surface area contributed by atoms with Crippen LogP contribution in [0.25, 0.3) is 0 Å². The van der Waals surface area contributed by atoms with Crippen molar-refractivity contribution in [2.75, 3.05) is 33.5 Å². The predicted octanol–water partition coefficient (Wildman–Crippen LogP) is 0.151. The summed E-state index contributed by atoms with van der Waals surface area (Å²) in [6.07, 6.45) is 0. The van der Waals surface area contributed by atoms with Crippen LogP contribution < -0.4 is 5.32 Å². The quantitative estimate of drug-likeness (QED) is 0.555. The van der Waals surface area contributed by atoms with Gasteiger partial charge in [0, 0.05) is 13.7 Å². The van der Waals surface area contributed by atoms with E-state index in [0.29, 0.717) is 26.4 Å². The first-order valence-corrected chi connectivity index (χ1v) is 4.01. The maximum atomic E-state index is 8.40. The fourth-order valence-corrected chi connectivity index (χ4v) is 0.638. The molecule has 0 aromatic rings. The fraction of sp³-hybridized carbons (Fsp3) is 0.875. The molecule has 0 rings (SSSR count). The van der Waals surface area contributed by atoms with Gasteiger partial charge in [0.05, 0.1) is 31.9 Å². The molecule has 0 aliphatic carbocycles. The Balaban J connectivity index is 2.96. The molecule has 0 saturated heterocycles. The largest absolute Gasteiger partial charge is 0.382 e. The third-order valence-corrected chi connectivity index (χ3v) is 1.32. The smallest absolute Gasteiger partial charge is 0.0925 e. The number of nitrogens with zero attached hydrogens (tertiary/aromatic N) is 1. The van der Waals surface area contributed by atoms with E-state index >= 15 is 0 Å². The number of hydrogen-bond donors (Lipinski definition) is 1. The Morgan fingerprint density at radius 3 is 2.75 bits per heavy atom. The second kappa shape index (κ2) is 8.47. The number of ether oxygens (including phenoxy) is 2. The van der Waals surface area contributed by atoms with Crippen molar-refractivity contribution in [2.45, 2.75) is 13.0 Å². The van der Waals surface area contributed by atoms with Gasteiger partial charge in [0.15, 0.2) is 0 Å². The summed E-state index contributed by atoms with van der Waals surface area (Å²) in [6, 6.07) is 1.97. The van der Waals surface area contributed by atoms with Crippen molar-refractivity contribution in [2.24, 2.45) is 0 Å². The van der Waals surface area contributed by atoms with Crippen molar-refractivity contribution in [1.82, 2.24) is 5.32 Å². The van der Waals surface area contributed by atoms with Gasteiger partial charge in [0.2, 0.25) is 0 Å². The van der Waals surface area contributed by atoms with Crippen LogP contribution >= 0.6 is 0 Å². The third kappa shape index (κ3) is 7.48. The molecule has 0 heterocycles. The zero-order valence-corrected chi connectivity index (χ0v) is 7.67. The zero-order chi connectivity index (χ0) is 9.23. The lowest BCUT2D eigenvalue weighted by Gasteiger charge is -2.06. The molecule has 4 nitrogen and oxygen atoms in total. The normalized spacial score (nSPS) is 12.4. The monoisotopic (exact) mass is 172 g/mol. The van der Waals surface area contributed by atoms with E-state index in [-0.39, 0.29) is 6.04 Å². The lowest BCUT2D eigenvalue weighted by molar-refractivity contribution is 0.0717. The van der Waals surface area contributed by atoms with Gasteiger partial charge in [-0.15, -0.1) is 0 Å². The standard InChI is InChI=1S/C8H16N2O2/c1-8(7-9)10-3-4-12-6-5-11-2/h8,10H,3-6H2,1-2H3. The maximum Gasteiger partial charge on any atom is 0.0925 e. The minimum atomic E-state index is -0.101. The van der Waals surface area contributed by atoms with Crippen LogP contribution in [0, 0.1) is 11.3 Å². The second-order valence-electron chi connectivity index (χ2n) is 2.41. The molecule has 0 aromatic heterocycles. The summed E-state index contributed by atoms with van der Waals surface area (Å²) in [5.41, 5.74) is 0. The lowest BCUT2D eigenvalue weighted by atomic mass is 10.4. The van der Waals surface area contributed by atoms with E-state index in [1.165, 1.54) is 0 Å². The zero-order valence-electron chi connectivity index (χ0n) is 7.67. The van der Waals surface area contributed by atoms with Crippen LogP contribution in [0.4, 0.5) is 0 Å². The maximum absolute atomic E-state index is 8.40. The minimum Gasteiger partial charge on any atom is -0.382 e. The Morgan fingerprint density at radius 1 is 1.42 bits per heavy atom. The molecule has 0 aliphatic rings. The van der Waals surface area contributed by atoms with Gasteiger partial charge < -0.3 is 9.47 Å². The Hall–Kier alpha value is -0.630. The van der Waals surface area contributed by atoms with Crippen molar-refractivity contribution < 1.29 is 9.47 Å². The molecule has 0 amide bonds. The molecular weight excluding hydrogens is 156 g/mol. The van der Waals surface area contributed by atoms with Crippen LogP contribution in [0.15, 0.2) is 0 Å². The van der Waals surface area contributed by atoms with Crippen molar-refractivity contribution in [1.29, 1.82) is 5.26 Å². The van der Waals surface area contributed by atoms with Crippen LogP contribution in [0.2, 0.25) is 0 Å². The van der Waals surface area contributed by atoms with Crippen molar-refractivity contribution >= 4 is 0 Å². The first-order valence-electron chi connectivity index (χ1n) is 4.01. The molecule has 1 N–H and O–H groups in total. The Labute approximate surface area is 73.5 Å². The van der Waals surface area contributed by atoms with Gasteiger partial charge in [-0.05, 0) is 6.92 Å². The van der Waals surface area contributed by atoms with Gasteiger partial charge in [0.1, 0.15) is 0 Å². The minimum absolute atomic E-state index is 0.101. The predicted molar refractivity (Wildman–Crippen MR) is 45.8 cm³/mol. The van der Waals surface area contributed by atoms with E-state index in [1.807, 2.05) is 6.92 Å². The Kier molecular flexibility index (Phi) is 8.02. The Morgan fingerprint density at radius 2 is 2.17 bits per heavy atom. The van der Waals surface area contributed by atoms with Gasteiger partial charge >= 0.3 is 0 Å². The number of nitrogens with one attached hydrogen (secondary N) is 1. The lowest BCUT2D eigenvalue weighted by Crippen LogP contribution is -2.28. The molecular formula is C8H16N2O2. The van der Waals surface area contributed by atoms with E-state index in [1.54, 1.807) is 7.11 Å². The van der Waals surface area contributed by atoms with Crippen LogP contribution in [-0.2, 0) is 9.47 Å². The van der Waals surface area contributed by atoms with E-state index in [2.05, 4.69) is 11.4 Å². The highest BCUT2D eigenvalue weighted by molar-refractivity contribution is 4.84. The van der Waals surface area contributed by atoms with Gasteiger partial charge in [-0.1, -0.05) is 0 Å².